The van der Waals surface area contributed by atoms with Gasteiger partial charge in [0.15, 0.2) is 0 Å². The molecule has 0 aliphatic heterocycles. The average Bonchev–Trinajstić information content (AvgIpc) is 2.36. The largest absolute Gasteiger partial charge is 0.491 e. The van der Waals surface area contributed by atoms with Crippen LogP contribution in [0, 0.1) is 0 Å². The van der Waals surface area contributed by atoms with Crippen molar-refractivity contribution >= 4 is 0 Å². The number of benzene rings is 1. The first-order valence-electron chi connectivity index (χ1n) is 5.98. The molecule has 1 rings (SSSR count). The van der Waals surface area contributed by atoms with Gasteiger partial charge in [-0.15, -0.1) is 6.58 Å². The van der Waals surface area contributed by atoms with E-state index in [4.69, 9.17) is 9.47 Å². The van der Waals surface area contributed by atoms with Gasteiger partial charge in [0.25, 0.3) is 0 Å². The molecule has 17 heavy (non-hydrogen) atoms. The molecule has 3 heteroatoms. The van der Waals surface area contributed by atoms with Crippen LogP contribution in [0.25, 0.3) is 0 Å². The molecule has 1 aromatic carbocycles. The molecule has 0 radical (unpaired) electrons. The van der Waals surface area contributed by atoms with Gasteiger partial charge >= 0.3 is 0 Å². The maximum Gasteiger partial charge on any atom is 0.119 e. The summed E-state index contributed by atoms with van der Waals surface area (Å²) in [5.74, 6) is 0.891. The molecule has 0 aromatic heterocycles. The number of hydrogen-bond donors (Lipinski definition) is 1. The van der Waals surface area contributed by atoms with Crippen LogP contribution in [0.1, 0.15) is 12.5 Å². The fourth-order valence-corrected chi connectivity index (χ4v) is 1.43. The highest BCUT2D eigenvalue weighted by Gasteiger charge is 1.96. The quantitative estimate of drug-likeness (QED) is 0.526. The van der Waals surface area contributed by atoms with Crippen LogP contribution in [0.2, 0.25) is 0 Å². The Morgan fingerprint density at radius 2 is 2.24 bits per heavy atom. The number of ether oxygens (including phenoxy) is 2. The molecule has 3 nitrogen and oxygen atoms in total. The normalized spacial score (nSPS) is 10.2. The molecular weight excluding hydrogens is 214 g/mol. The van der Waals surface area contributed by atoms with Crippen molar-refractivity contribution in [3.8, 4) is 5.75 Å². The third-order valence-electron chi connectivity index (χ3n) is 2.22. The van der Waals surface area contributed by atoms with Crippen LogP contribution in [-0.2, 0) is 11.3 Å². The lowest BCUT2D eigenvalue weighted by molar-refractivity contribution is 0.110. The van der Waals surface area contributed by atoms with Crippen LogP contribution in [0.4, 0.5) is 0 Å². The van der Waals surface area contributed by atoms with Gasteiger partial charge in [0, 0.05) is 19.7 Å². The molecular formula is C14H21NO2. The summed E-state index contributed by atoms with van der Waals surface area (Å²) >= 11 is 0. The van der Waals surface area contributed by atoms with Crippen molar-refractivity contribution in [2.24, 2.45) is 0 Å². The summed E-state index contributed by atoms with van der Waals surface area (Å²) in [4.78, 5) is 0. The van der Waals surface area contributed by atoms with E-state index in [2.05, 4.69) is 18.0 Å². The molecule has 0 aliphatic rings. The lowest BCUT2D eigenvalue weighted by Gasteiger charge is -2.08. The van der Waals surface area contributed by atoms with Crippen LogP contribution in [0.5, 0.6) is 5.75 Å². The van der Waals surface area contributed by atoms with Gasteiger partial charge in [-0.2, -0.15) is 0 Å². The zero-order valence-electron chi connectivity index (χ0n) is 10.4. The van der Waals surface area contributed by atoms with Gasteiger partial charge < -0.3 is 14.8 Å². The van der Waals surface area contributed by atoms with E-state index in [9.17, 15) is 0 Å². The van der Waals surface area contributed by atoms with Crippen molar-refractivity contribution in [2.45, 2.75) is 13.5 Å². The molecule has 0 saturated carbocycles. The lowest BCUT2D eigenvalue weighted by Crippen LogP contribution is -2.12. The van der Waals surface area contributed by atoms with Crippen LogP contribution in [0.15, 0.2) is 36.9 Å². The lowest BCUT2D eigenvalue weighted by atomic mass is 10.2. The van der Waals surface area contributed by atoms with E-state index >= 15 is 0 Å². The van der Waals surface area contributed by atoms with Gasteiger partial charge in [-0.1, -0.05) is 18.2 Å². The molecule has 1 N–H and O–H groups in total. The second-order valence-electron chi connectivity index (χ2n) is 3.61. The van der Waals surface area contributed by atoms with E-state index in [1.807, 2.05) is 31.2 Å². The Hall–Kier alpha value is -1.32. The predicted octanol–water partition coefficient (Wildman–Crippen LogP) is 2.38. The summed E-state index contributed by atoms with van der Waals surface area (Å²) < 4.78 is 10.8. The maximum absolute atomic E-state index is 5.58. The molecule has 0 amide bonds. The van der Waals surface area contributed by atoms with E-state index < -0.39 is 0 Å². The smallest absolute Gasteiger partial charge is 0.119 e. The molecule has 0 heterocycles. The van der Waals surface area contributed by atoms with Gasteiger partial charge in [0.1, 0.15) is 12.4 Å². The van der Waals surface area contributed by atoms with Crippen LogP contribution >= 0.6 is 0 Å². The Morgan fingerprint density at radius 3 is 3.00 bits per heavy atom. The fourth-order valence-electron chi connectivity index (χ4n) is 1.43. The second-order valence-corrected chi connectivity index (χ2v) is 3.61. The summed E-state index contributed by atoms with van der Waals surface area (Å²) in [7, 11) is 0. The van der Waals surface area contributed by atoms with E-state index in [-0.39, 0.29) is 0 Å². The Morgan fingerprint density at radius 1 is 1.35 bits per heavy atom. The topological polar surface area (TPSA) is 30.5 Å². The van der Waals surface area contributed by atoms with Crippen molar-refractivity contribution < 1.29 is 9.47 Å². The van der Waals surface area contributed by atoms with Crippen LogP contribution in [0.3, 0.4) is 0 Å². The molecule has 0 aliphatic carbocycles. The van der Waals surface area contributed by atoms with E-state index in [0.717, 1.165) is 25.4 Å². The van der Waals surface area contributed by atoms with Crippen molar-refractivity contribution in [1.82, 2.24) is 5.32 Å². The van der Waals surface area contributed by atoms with Gasteiger partial charge in [0.05, 0.1) is 6.61 Å². The molecule has 0 fully saturated rings. The van der Waals surface area contributed by atoms with Crippen molar-refractivity contribution in [3.05, 3.63) is 42.5 Å². The van der Waals surface area contributed by atoms with Gasteiger partial charge in [-0.05, 0) is 24.6 Å². The predicted molar refractivity (Wildman–Crippen MR) is 70.3 cm³/mol. The molecule has 1 aromatic rings. The highest BCUT2D eigenvalue weighted by molar-refractivity contribution is 5.28. The number of hydrogen-bond acceptors (Lipinski definition) is 3. The number of rotatable bonds is 9. The van der Waals surface area contributed by atoms with Gasteiger partial charge in [-0.3, -0.25) is 0 Å². The fraction of sp³-hybridized carbons (Fsp3) is 0.429. The number of nitrogens with one attached hydrogen (secondary N) is 1. The SMILES string of the molecule is C=CCNCc1cccc(OCCOCC)c1. The first kappa shape index (κ1) is 13.7. The summed E-state index contributed by atoms with van der Waals surface area (Å²) in [6.45, 7) is 9.25. The van der Waals surface area contributed by atoms with E-state index in [0.29, 0.717) is 13.2 Å². The van der Waals surface area contributed by atoms with Crippen molar-refractivity contribution in [3.63, 3.8) is 0 Å². The summed E-state index contributed by atoms with van der Waals surface area (Å²) in [6.07, 6.45) is 1.85. The maximum atomic E-state index is 5.58. The highest BCUT2D eigenvalue weighted by Crippen LogP contribution is 2.12. The van der Waals surface area contributed by atoms with Crippen molar-refractivity contribution in [2.75, 3.05) is 26.4 Å². The minimum atomic E-state index is 0.595. The summed E-state index contributed by atoms with van der Waals surface area (Å²) in [6, 6.07) is 8.08. The summed E-state index contributed by atoms with van der Waals surface area (Å²) in [5, 5.41) is 3.26. The zero-order chi connectivity index (χ0) is 12.3. The third kappa shape index (κ3) is 6.09. The third-order valence-corrected chi connectivity index (χ3v) is 2.22. The first-order chi connectivity index (χ1) is 8.36. The molecule has 0 bridgehead atoms. The molecule has 0 spiro atoms. The summed E-state index contributed by atoms with van der Waals surface area (Å²) in [5.41, 5.74) is 1.21. The molecule has 0 saturated heterocycles. The van der Waals surface area contributed by atoms with Crippen molar-refractivity contribution in [1.29, 1.82) is 0 Å². The Kier molecular flexibility index (Phi) is 7.11. The highest BCUT2D eigenvalue weighted by atomic mass is 16.5. The van der Waals surface area contributed by atoms with Crippen LogP contribution < -0.4 is 10.1 Å². The Bertz CT molecular complexity index is 326. The minimum Gasteiger partial charge on any atom is -0.491 e. The van der Waals surface area contributed by atoms with E-state index in [1.54, 1.807) is 0 Å². The zero-order valence-corrected chi connectivity index (χ0v) is 10.4. The molecule has 0 unspecified atom stereocenters. The second kappa shape index (κ2) is 8.79. The van der Waals surface area contributed by atoms with Crippen LogP contribution in [-0.4, -0.2) is 26.4 Å². The Balaban J connectivity index is 2.34. The Labute approximate surface area is 103 Å². The first-order valence-corrected chi connectivity index (χ1v) is 5.98. The van der Waals surface area contributed by atoms with Gasteiger partial charge in [0.2, 0.25) is 0 Å². The average molecular weight is 235 g/mol. The molecule has 94 valence electrons. The monoisotopic (exact) mass is 235 g/mol. The van der Waals surface area contributed by atoms with E-state index in [1.165, 1.54) is 5.56 Å². The minimum absolute atomic E-state index is 0.595. The molecule has 0 atom stereocenters. The standard InChI is InChI=1S/C14H21NO2/c1-3-8-15-12-13-6-5-7-14(11-13)17-10-9-16-4-2/h3,5-7,11,15H,1,4,8-10,12H2,2H3. The van der Waals surface area contributed by atoms with Gasteiger partial charge in [-0.25, -0.2) is 0 Å².